The lowest BCUT2D eigenvalue weighted by Gasteiger charge is -2.21. The third kappa shape index (κ3) is 4.80. The molecule has 0 N–H and O–H groups in total. The quantitative estimate of drug-likeness (QED) is 0.813. The molecular weight excluding hydrogens is 286 g/mol. The van der Waals surface area contributed by atoms with E-state index in [0.717, 1.165) is 5.56 Å². The van der Waals surface area contributed by atoms with Crippen molar-refractivity contribution in [3.63, 3.8) is 0 Å². The molecule has 0 radical (unpaired) electrons. The van der Waals surface area contributed by atoms with Crippen molar-refractivity contribution in [2.24, 2.45) is 0 Å². The number of halogens is 1. The molecule has 0 atom stereocenters. The first-order chi connectivity index (χ1) is 10.2. The minimum Gasteiger partial charge on any atom is -0.484 e. The zero-order chi connectivity index (χ0) is 15.1. The van der Waals surface area contributed by atoms with Crippen LogP contribution >= 0.6 is 11.6 Å². The number of hydrogen-bond donors (Lipinski definition) is 0. The minimum atomic E-state index is -0.0404. The monoisotopic (exact) mass is 303 g/mol. The molecule has 0 saturated heterocycles. The van der Waals surface area contributed by atoms with Crippen LogP contribution in [0.3, 0.4) is 0 Å². The molecule has 0 heterocycles. The van der Waals surface area contributed by atoms with Crippen LogP contribution in [0.15, 0.2) is 54.6 Å². The van der Waals surface area contributed by atoms with Gasteiger partial charge in [0.2, 0.25) is 0 Å². The van der Waals surface area contributed by atoms with Crippen molar-refractivity contribution in [3.8, 4) is 5.75 Å². The van der Waals surface area contributed by atoms with E-state index in [1.807, 2.05) is 37.3 Å². The lowest BCUT2D eigenvalue weighted by Crippen LogP contribution is -2.34. The van der Waals surface area contributed by atoms with Crippen LogP contribution in [-0.4, -0.2) is 24.0 Å². The first-order valence-corrected chi connectivity index (χ1v) is 7.27. The third-order valence-electron chi connectivity index (χ3n) is 3.11. The first-order valence-electron chi connectivity index (χ1n) is 6.89. The Morgan fingerprint density at radius 1 is 1.14 bits per heavy atom. The van der Waals surface area contributed by atoms with Crippen LogP contribution in [-0.2, 0) is 11.3 Å². The number of nitrogens with zero attached hydrogens (tertiary/aromatic N) is 1. The fourth-order valence-electron chi connectivity index (χ4n) is 1.97. The number of benzene rings is 2. The van der Waals surface area contributed by atoms with Gasteiger partial charge in [-0.3, -0.25) is 4.79 Å². The van der Waals surface area contributed by atoms with Gasteiger partial charge in [-0.05, 0) is 30.7 Å². The van der Waals surface area contributed by atoms with Crippen molar-refractivity contribution in [2.45, 2.75) is 13.5 Å². The van der Waals surface area contributed by atoms with E-state index in [-0.39, 0.29) is 12.5 Å². The predicted molar refractivity (Wildman–Crippen MR) is 84.5 cm³/mol. The molecule has 0 saturated carbocycles. The molecule has 0 spiro atoms. The molecule has 110 valence electrons. The van der Waals surface area contributed by atoms with E-state index in [4.69, 9.17) is 16.3 Å². The zero-order valence-electron chi connectivity index (χ0n) is 12.0. The Morgan fingerprint density at radius 3 is 2.57 bits per heavy atom. The van der Waals surface area contributed by atoms with Crippen LogP contribution in [0.25, 0.3) is 0 Å². The molecule has 21 heavy (non-hydrogen) atoms. The van der Waals surface area contributed by atoms with Crippen molar-refractivity contribution < 1.29 is 9.53 Å². The van der Waals surface area contributed by atoms with Crippen molar-refractivity contribution in [2.75, 3.05) is 13.2 Å². The van der Waals surface area contributed by atoms with Gasteiger partial charge in [0, 0.05) is 18.1 Å². The molecule has 0 aliphatic rings. The summed E-state index contributed by atoms with van der Waals surface area (Å²) in [5.41, 5.74) is 1.11. The van der Waals surface area contributed by atoms with Crippen molar-refractivity contribution >= 4 is 17.5 Å². The summed E-state index contributed by atoms with van der Waals surface area (Å²) in [6, 6.07) is 17.0. The van der Waals surface area contributed by atoms with Gasteiger partial charge in [-0.15, -0.1) is 0 Å². The molecule has 4 heteroatoms. The fraction of sp³-hybridized carbons (Fsp3) is 0.235. The number of hydrogen-bond acceptors (Lipinski definition) is 2. The van der Waals surface area contributed by atoms with Gasteiger partial charge in [0.15, 0.2) is 6.61 Å². The van der Waals surface area contributed by atoms with Crippen LogP contribution in [0.1, 0.15) is 12.5 Å². The standard InChI is InChI=1S/C17H18ClNO2/c1-2-19(12-14-7-4-3-5-8-14)17(20)13-21-16-10-6-9-15(18)11-16/h3-11H,2,12-13H2,1H3. The maximum absolute atomic E-state index is 12.2. The average Bonchev–Trinajstić information content (AvgIpc) is 2.51. The molecule has 2 aromatic rings. The number of rotatable bonds is 6. The summed E-state index contributed by atoms with van der Waals surface area (Å²) in [4.78, 5) is 14.0. The molecule has 0 aliphatic carbocycles. The van der Waals surface area contributed by atoms with Crippen molar-refractivity contribution in [1.29, 1.82) is 0 Å². The number of carbonyl (C=O) groups is 1. The Labute approximate surface area is 130 Å². The van der Waals surface area contributed by atoms with Crippen LogP contribution < -0.4 is 4.74 Å². The van der Waals surface area contributed by atoms with Crippen LogP contribution in [0, 0.1) is 0 Å². The lowest BCUT2D eigenvalue weighted by atomic mass is 10.2. The van der Waals surface area contributed by atoms with E-state index in [0.29, 0.717) is 23.9 Å². The Morgan fingerprint density at radius 2 is 1.90 bits per heavy atom. The molecule has 0 unspecified atom stereocenters. The maximum atomic E-state index is 12.2. The van der Waals surface area contributed by atoms with Gasteiger partial charge in [0.1, 0.15) is 5.75 Å². The largest absolute Gasteiger partial charge is 0.484 e. The highest BCUT2D eigenvalue weighted by atomic mass is 35.5. The summed E-state index contributed by atoms with van der Waals surface area (Å²) in [5.74, 6) is 0.563. The highest BCUT2D eigenvalue weighted by Gasteiger charge is 2.12. The molecular formula is C17H18ClNO2. The molecule has 0 aliphatic heterocycles. The second kappa shape index (κ2) is 7.70. The van der Waals surface area contributed by atoms with Crippen LogP contribution in [0.5, 0.6) is 5.75 Å². The van der Waals surface area contributed by atoms with Crippen LogP contribution in [0.2, 0.25) is 5.02 Å². The highest BCUT2D eigenvalue weighted by Crippen LogP contribution is 2.17. The van der Waals surface area contributed by atoms with E-state index in [9.17, 15) is 4.79 Å². The van der Waals surface area contributed by atoms with Gasteiger partial charge in [-0.25, -0.2) is 0 Å². The van der Waals surface area contributed by atoms with E-state index in [2.05, 4.69) is 0 Å². The van der Waals surface area contributed by atoms with Crippen molar-refractivity contribution in [3.05, 3.63) is 65.2 Å². The zero-order valence-corrected chi connectivity index (χ0v) is 12.7. The minimum absolute atomic E-state index is 0.0149. The Kier molecular flexibility index (Phi) is 5.64. The molecule has 1 amide bonds. The van der Waals surface area contributed by atoms with Gasteiger partial charge < -0.3 is 9.64 Å². The van der Waals surface area contributed by atoms with Crippen molar-refractivity contribution in [1.82, 2.24) is 4.90 Å². The topological polar surface area (TPSA) is 29.5 Å². The molecule has 0 fully saturated rings. The lowest BCUT2D eigenvalue weighted by molar-refractivity contribution is -0.133. The Bertz CT molecular complexity index is 586. The summed E-state index contributed by atoms with van der Waals surface area (Å²) in [6.07, 6.45) is 0. The highest BCUT2D eigenvalue weighted by molar-refractivity contribution is 6.30. The number of ether oxygens (including phenoxy) is 1. The molecule has 0 aromatic heterocycles. The second-order valence-electron chi connectivity index (χ2n) is 4.64. The maximum Gasteiger partial charge on any atom is 0.260 e. The number of carbonyl (C=O) groups excluding carboxylic acids is 1. The van der Waals surface area contributed by atoms with Gasteiger partial charge in [-0.1, -0.05) is 48.0 Å². The molecule has 3 nitrogen and oxygen atoms in total. The molecule has 2 rings (SSSR count). The summed E-state index contributed by atoms with van der Waals surface area (Å²) in [7, 11) is 0. The molecule has 0 bridgehead atoms. The Hall–Kier alpha value is -2.00. The van der Waals surface area contributed by atoms with Crippen LogP contribution in [0.4, 0.5) is 0 Å². The SMILES string of the molecule is CCN(Cc1ccccc1)C(=O)COc1cccc(Cl)c1. The summed E-state index contributed by atoms with van der Waals surface area (Å²) >= 11 is 5.88. The van der Waals surface area contributed by atoms with Gasteiger partial charge in [0.25, 0.3) is 5.91 Å². The average molecular weight is 304 g/mol. The molecule has 2 aromatic carbocycles. The van der Waals surface area contributed by atoms with E-state index in [1.165, 1.54) is 0 Å². The second-order valence-corrected chi connectivity index (χ2v) is 5.08. The summed E-state index contributed by atoms with van der Waals surface area (Å²) in [6.45, 7) is 3.21. The van der Waals surface area contributed by atoms with Gasteiger partial charge in [0.05, 0.1) is 0 Å². The number of likely N-dealkylation sites (N-methyl/N-ethyl adjacent to an activating group) is 1. The third-order valence-corrected chi connectivity index (χ3v) is 3.34. The van der Waals surface area contributed by atoms with Gasteiger partial charge in [-0.2, -0.15) is 0 Å². The van der Waals surface area contributed by atoms with E-state index < -0.39 is 0 Å². The predicted octanol–water partition coefficient (Wildman–Crippen LogP) is 3.77. The van der Waals surface area contributed by atoms with E-state index in [1.54, 1.807) is 29.2 Å². The Balaban J connectivity index is 1.91. The fourth-order valence-corrected chi connectivity index (χ4v) is 2.15. The smallest absolute Gasteiger partial charge is 0.260 e. The number of amides is 1. The summed E-state index contributed by atoms with van der Waals surface area (Å²) < 4.78 is 5.49. The first kappa shape index (κ1) is 15.4. The van der Waals surface area contributed by atoms with E-state index >= 15 is 0 Å². The van der Waals surface area contributed by atoms with Gasteiger partial charge >= 0.3 is 0 Å². The summed E-state index contributed by atoms with van der Waals surface area (Å²) in [5, 5.41) is 0.594. The normalized spacial score (nSPS) is 10.2.